The van der Waals surface area contributed by atoms with Gasteiger partial charge in [0.05, 0.1) is 5.88 Å². The predicted molar refractivity (Wildman–Crippen MR) is 28.6 cm³/mol. The first-order chi connectivity index (χ1) is 3.75. The van der Waals surface area contributed by atoms with Crippen LogP contribution in [-0.2, 0) is 9.53 Å². The molecule has 2 unspecified atom stereocenters. The summed E-state index contributed by atoms with van der Waals surface area (Å²) in [5.41, 5.74) is 4.84. The molecule has 0 radical (unpaired) electrons. The van der Waals surface area contributed by atoms with Crippen LogP contribution in [0.25, 0.3) is 0 Å². The number of ether oxygens (including phenoxy) is 1. The Hall–Kier alpha value is -0.280. The van der Waals surface area contributed by atoms with Gasteiger partial charge >= 0.3 is 0 Å². The summed E-state index contributed by atoms with van der Waals surface area (Å²) >= 11 is 5.30. The number of rotatable bonds is 2. The number of halogens is 1. The molecule has 1 aliphatic heterocycles. The van der Waals surface area contributed by atoms with Crippen LogP contribution in [0.5, 0.6) is 0 Å². The number of carbonyl (C=O) groups excluding carboxylic acids is 1. The molecule has 4 heteroatoms. The molecule has 0 aromatic rings. The molecule has 8 heavy (non-hydrogen) atoms. The summed E-state index contributed by atoms with van der Waals surface area (Å²) in [5.74, 6) is -0.0659. The van der Waals surface area contributed by atoms with Gasteiger partial charge in [0, 0.05) is 0 Å². The fourth-order valence-corrected chi connectivity index (χ4v) is 0.745. The lowest BCUT2D eigenvalue weighted by Gasteiger charge is -1.78. The maximum Gasteiger partial charge on any atom is 0.249 e. The Balaban J connectivity index is 2.26. The number of nitrogens with two attached hydrogens (primary N) is 1. The average Bonchev–Trinajstić information content (AvgIpc) is 2.42. The molecule has 0 aromatic heterocycles. The molecule has 3 nitrogen and oxygen atoms in total. The minimum atomic E-state index is -0.421. The second-order valence-electron chi connectivity index (χ2n) is 1.65. The summed E-state index contributed by atoms with van der Waals surface area (Å²) in [7, 11) is 0. The number of primary amides is 1. The molecular formula is C4H6ClNO2. The van der Waals surface area contributed by atoms with E-state index in [2.05, 4.69) is 0 Å². The minimum absolute atomic E-state index is 0.117. The van der Waals surface area contributed by atoms with Gasteiger partial charge in [0.1, 0.15) is 6.10 Å². The van der Waals surface area contributed by atoms with Crippen LogP contribution >= 0.6 is 11.6 Å². The highest BCUT2D eigenvalue weighted by atomic mass is 35.5. The van der Waals surface area contributed by atoms with E-state index in [1.165, 1.54) is 0 Å². The fraction of sp³-hybridized carbons (Fsp3) is 0.750. The first kappa shape index (κ1) is 5.85. The Morgan fingerprint density at radius 2 is 2.50 bits per heavy atom. The van der Waals surface area contributed by atoms with Crippen LogP contribution in [-0.4, -0.2) is 24.0 Å². The van der Waals surface area contributed by atoms with Gasteiger partial charge in [-0.15, -0.1) is 11.6 Å². The zero-order valence-corrected chi connectivity index (χ0v) is 4.89. The lowest BCUT2D eigenvalue weighted by atomic mass is 10.3. The van der Waals surface area contributed by atoms with Crippen LogP contribution in [0.4, 0.5) is 0 Å². The molecule has 2 atom stereocenters. The Morgan fingerprint density at radius 3 is 2.62 bits per heavy atom. The second kappa shape index (κ2) is 1.91. The molecule has 46 valence electrons. The highest BCUT2D eigenvalue weighted by molar-refractivity contribution is 6.18. The van der Waals surface area contributed by atoms with E-state index in [4.69, 9.17) is 22.1 Å². The van der Waals surface area contributed by atoms with E-state index in [-0.39, 0.29) is 6.10 Å². The van der Waals surface area contributed by atoms with Gasteiger partial charge < -0.3 is 10.5 Å². The molecule has 0 aromatic carbocycles. The number of hydrogen-bond donors (Lipinski definition) is 1. The molecule has 1 heterocycles. The predicted octanol–water partition coefficient (Wildman–Crippen LogP) is -0.522. The Kier molecular flexibility index (Phi) is 1.40. The number of epoxide rings is 1. The van der Waals surface area contributed by atoms with E-state index < -0.39 is 12.0 Å². The first-order valence-electron chi connectivity index (χ1n) is 2.26. The van der Waals surface area contributed by atoms with Crippen LogP contribution in [0.2, 0.25) is 0 Å². The maximum atomic E-state index is 10.2. The Morgan fingerprint density at radius 1 is 1.88 bits per heavy atom. The van der Waals surface area contributed by atoms with Gasteiger partial charge in [-0.3, -0.25) is 4.79 Å². The molecule has 1 aliphatic rings. The fourth-order valence-electron chi connectivity index (χ4n) is 0.511. The van der Waals surface area contributed by atoms with Gasteiger partial charge in [-0.25, -0.2) is 0 Å². The molecule has 0 spiro atoms. The SMILES string of the molecule is NC(=O)C1OC1CCl. The van der Waals surface area contributed by atoms with Crippen LogP contribution in [0.1, 0.15) is 0 Å². The number of alkyl halides is 1. The number of amides is 1. The summed E-state index contributed by atoms with van der Waals surface area (Å²) in [4.78, 5) is 10.2. The van der Waals surface area contributed by atoms with Crippen molar-refractivity contribution in [2.24, 2.45) is 5.73 Å². The van der Waals surface area contributed by atoms with Crippen molar-refractivity contribution < 1.29 is 9.53 Å². The van der Waals surface area contributed by atoms with E-state index >= 15 is 0 Å². The normalized spacial score (nSPS) is 34.6. The van der Waals surface area contributed by atoms with Crippen LogP contribution in [0.3, 0.4) is 0 Å². The zero-order valence-electron chi connectivity index (χ0n) is 4.13. The van der Waals surface area contributed by atoms with Crippen molar-refractivity contribution in [1.29, 1.82) is 0 Å². The second-order valence-corrected chi connectivity index (χ2v) is 1.96. The topological polar surface area (TPSA) is 55.6 Å². The molecule has 2 N–H and O–H groups in total. The lowest BCUT2D eigenvalue weighted by Crippen LogP contribution is -2.20. The molecule has 0 aliphatic carbocycles. The van der Waals surface area contributed by atoms with Crippen molar-refractivity contribution in [3.63, 3.8) is 0 Å². The van der Waals surface area contributed by atoms with Gasteiger partial charge in [-0.1, -0.05) is 0 Å². The van der Waals surface area contributed by atoms with Gasteiger partial charge in [0.15, 0.2) is 6.10 Å². The van der Waals surface area contributed by atoms with Crippen LogP contribution in [0, 0.1) is 0 Å². The summed E-state index contributed by atoms with van der Waals surface area (Å²) in [6.45, 7) is 0. The van der Waals surface area contributed by atoms with Crippen molar-refractivity contribution >= 4 is 17.5 Å². The molecule has 0 bridgehead atoms. The number of carbonyl (C=O) groups is 1. The molecule has 1 fully saturated rings. The van der Waals surface area contributed by atoms with Crippen molar-refractivity contribution in [3.05, 3.63) is 0 Å². The van der Waals surface area contributed by atoms with E-state index in [9.17, 15) is 4.79 Å². The maximum absolute atomic E-state index is 10.2. The monoisotopic (exact) mass is 135 g/mol. The molecule has 1 amide bonds. The van der Waals surface area contributed by atoms with Gasteiger partial charge in [0.2, 0.25) is 5.91 Å². The number of hydrogen-bond acceptors (Lipinski definition) is 2. The lowest BCUT2D eigenvalue weighted by molar-refractivity contribution is -0.119. The van der Waals surface area contributed by atoms with Crippen molar-refractivity contribution in [2.45, 2.75) is 12.2 Å². The van der Waals surface area contributed by atoms with E-state index in [1.54, 1.807) is 0 Å². The molecular weight excluding hydrogens is 130 g/mol. The van der Waals surface area contributed by atoms with Crippen molar-refractivity contribution in [1.82, 2.24) is 0 Å². The summed E-state index contributed by atoms with van der Waals surface area (Å²) < 4.78 is 4.72. The van der Waals surface area contributed by atoms with E-state index in [0.29, 0.717) is 5.88 Å². The summed E-state index contributed by atoms with van der Waals surface area (Å²) in [6, 6.07) is 0. The highest BCUT2D eigenvalue weighted by Crippen LogP contribution is 2.21. The zero-order chi connectivity index (χ0) is 6.15. The summed E-state index contributed by atoms with van der Waals surface area (Å²) in [6.07, 6.45) is -0.526. The largest absolute Gasteiger partial charge is 0.367 e. The average molecular weight is 136 g/mol. The van der Waals surface area contributed by atoms with Gasteiger partial charge in [0.25, 0.3) is 0 Å². The smallest absolute Gasteiger partial charge is 0.249 e. The molecule has 1 saturated heterocycles. The third-order valence-electron chi connectivity index (χ3n) is 1.01. The first-order valence-corrected chi connectivity index (χ1v) is 2.80. The third-order valence-corrected chi connectivity index (χ3v) is 1.32. The van der Waals surface area contributed by atoms with Crippen LogP contribution < -0.4 is 5.73 Å². The Labute approximate surface area is 51.7 Å². The minimum Gasteiger partial charge on any atom is -0.367 e. The Bertz CT molecular complexity index is 117. The third kappa shape index (κ3) is 0.928. The van der Waals surface area contributed by atoms with E-state index in [0.717, 1.165) is 0 Å². The van der Waals surface area contributed by atoms with Gasteiger partial charge in [-0.2, -0.15) is 0 Å². The molecule has 1 rings (SSSR count). The van der Waals surface area contributed by atoms with Gasteiger partial charge in [-0.05, 0) is 0 Å². The molecule has 0 saturated carbocycles. The summed E-state index contributed by atoms with van der Waals surface area (Å²) in [5, 5.41) is 0. The highest BCUT2D eigenvalue weighted by Gasteiger charge is 2.42. The van der Waals surface area contributed by atoms with E-state index in [1.807, 2.05) is 0 Å². The van der Waals surface area contributed by atoms with Crippen LogP contribution in [0.15, 0.2) is 0 Å². The van der Waals surface area contributed by atoms with Crippen molar-refractivity contribution in [3.8, 4) is 0 Å². The van der Waals surface area contributed by atoms with Crippen molar-refractivity contribution in [2.75, 3.05) is 5.88 Å². The quantitative estimate of drug-likeness (QED) is 0.409. The standard InChI is InChI=1S/C4H6ClNO2/c5-1-2-3(8-2)4(6)7/h2-3H,1H2,(H2,6,7).